The van der Waals surface area contributed by atoms with Gasteiger partial charge in [-0.25, -0.2) is 4.98 Å². The number of hydrogen-bond donors (Lipinski definition) is 2. The number of aromatic nitrogens is 1. The van der Waals surface area contributed by atoms with E-state index in [0.717, 1.165) is 17.3 Å². The highest BCUT2D eigenvalue weighted by Crippen LogP contribution is 2.24. The maximum absolute atomic E-state index is 5.56. The quantitative estimate of drug-likeness (QED) is 0.580. The Balaban J connectivity index is 2.42. The predicted molar refractivity (Wildman–Crippen MR) is 65.6 cm³/mol. The van der Waals surface area contributed by atoms with Crippen molar-refractivity contribution in [2.24, 2.45) is 11.8 Å². The lowest BCUT2D eigenvalue weighted by molar-refractivity contribution is 0.459. The monoisotopic (exact) mass is 227 g/mol. The molecule has 0 aliphatic heterocycles. The molecule has 0 aliphatic rings. The van der Waals surface area contributed by atoms with E-state index in [1.54, 1.807) is 11.3 Å². The number of hydrogen-bond acceptors (Lipinski definition) is 4. The number of aryl methyl sites for hydroxylation is 1. The van der Waals surface area contributed by atoms with Gasteiger partial charge < -0.3 is 0 Å². The Hall–Kier alpha value is -0.450. The van der Waals surface area contributed by atoms with Crippen LogP contribution in [0.1, 0.15) is 49.0 Å². The van der Waals surface area contributed by atoms with Crippen LogP contribution in [0, 0.1) is 12.8 Å². The number of nitrogens with zero attached hydrogens (tertiary/aromatic N) is 1. The molecule has 4 heteroatoms. The minimum atomic E-state index is 0.273. The van der Waals surface area contributed by atoms with Crippen LogP contribution in [0.4, 0.5) is 0 Å². The molecule has 0 aliphatic carbocycles. The van der Waals surface area contributed by atoms with Crippen molar-refractivity contribution in [2.75, 3.05) is 0 Å². The summed E-state index contributed by atoms with van der Waals surface area (Å²) in [4.78, 5) is 5.50. The number of hydrazine groups is 1. The molecule has 1 heterocycles. The van der Waals surface area contributed by atoms with Crippen LogP contribution in [0.5, 0.6) is 0 Å². The van der Waals surface area contributed by atoms with Crippen molar-refractivity contribution in [3.8, 4) is 0 Å². The highest BCUT2D eigenvalue weighted by molar-refractivity contribution is 7.11. The van der Waals surface area contributed by atoms with E-state index in [1.807, 2.05) is 13.1 Å². The smallest absolute Gasteiger partial charge is 0.0897 e. The van der Waals surface area contributed by atoms with Crippen molar-refractivity contribution in [3.05, 3.63) is 16.1 Å². The molecule has 0 bridgehead atoms. The molecule has 1 aromatic rings. The number of nitrogens with one attached hydrogen (secondary N) is 1. The van der Waals surface area contributed by atoms with Crippen LogP contribution < -0.4 is 11.3 Å². The number of nitrogens with two attached hydrogens (primary N) is 1. The first-order valence-electron chi connectivity index (χ1n) is 5.52. The fraction of sp³-hybridized carbons (Fsp3) is 0.727. The van der Waals surface area contributed by atoms with E-state index in [1.165, 1.54) is 17.7 Å². The van der Waals surface area contributed by atoms with E-state index in [0.29, 0.717) is 0 Å². The normalized spacial score (nSPS) is 13.4. The van der Waals surface area contributed by atoms with Gasteiger partial charge in [0.25, 0.3) is 0 Å². The van der Waals surface area contributed by atoms with Gasteiger partial charge in [-0.2, -0.15) is 0 Å². The highest BCUT2D eigenvalue weighted by Gasteiger charge is 2.12. The Kier molecular flexibility index (Phi) is 5.22. The summed E-state index contributed by atoms with van der Waals surface area (Å²) in [6.45, 7) is 6.53. The summed E-state index contributed by atoms with van der Waals surface area (Å²) in [5.74, 6) is 6.33. The molecule has 1 unspecified atom stereocenters. The molecule has 0 spiro atoms. The Bertz CT molecular complexity index is 283. The van der Waals surface area contributed by atoms with E-state index in [2.05, 4.69) is 24.3 Å². The standard InChI is InChI=1S/C11H21N3S/c1-8(2)5-4-6-10(14-12)11-7-13-9(3)15-11/h7-8,10,14H,4-6,12H2,1-3H3. The Morgan fingerprint density at radius 2 is 2.20 bits per heavy atom. The van der Waals surface area contributed by atoms with E-state index in [9.17, 15) is 0 Å². The Morgan fingerprint density at radius 1 is 1.47 bits per heavy atom. The van der Waals surface area contributed by atoms with Crippen LogP contribution in [0.25, 0.3) is 0 Å². The molecule has 1 aromatic heterocycles. The summed E-state index contributed by atoms with van der Waals surface area (Å²) < 4.78 is 0. The molecule has 0 fully saturated rings. The van der Waals surface area contributed by atoms with E-state index in [-0.39, 0.29) is 6.04 Å². The topological polar surface area (TPSA) is 50.9 Å². The first kappa shape index (κ1) is 12.6. The zero-order valence-corrected chi connectivity index (χ0v) is 10.6. The van der Waals surface area contributed by atoms with E-state index < -0.39 is 0 Å². The number of rotatable bonds is 6. The molecule has 1 rings (SSSR count). The molecule has 0 saturated heterocycles. The molecule has 1 atom stereocenters. The summed E-state index contributed by atoms with van der Waals surface area (Å²) in [7, 11) is 0. The maximum atomic E-state index is 5.56. The van der Waals surface area contributed by atoms with Gasteiger partial charge in [-0.15, -0.1) is 11.3 Å². The van der Waals surface area contributed by atoms with Crippen LogP contribution in [0.15, 0.2) is 6.20 Å². The summed E-state index contributed by atoms with van der Waals surface area (Å²) in [5, 5.41) is 1.11. The lowest BCUT2D eigenvalue weighted by Crippen LogP contribution is -2.27. The molecule has 15 heavy (non-hydrogen) atoms. The molecular weight excluding hydrogens is 206 g/mol. The van der Waals surface area contributed by atoms with Gasteiger partial charge in [-0.3, -0.25) is 11.3 Å². The second-order valence-corrected chi connectivity index (χ2v) is 5.59. The molecule has 86 valence electrons. The fourth-order valence-corrected chi connectivity index (χ4v) is 2.46. The predicted octanol–water partition coefficient (Wildman–Crippen LogP) is 2.78. The molecular formula is C11H21N3S. The maximum Gasteiger partial charge on any atom is 0.0897 e. The van der Waals surface area contributed by atoms with E-state index >= 15 is 0 Å². The molecule has 3 nitrogen and oxygen atoms in total. The summed E-state index contributed by atoms with van der Waals surface area (Å²) in [6, 6.07) is 0.273. The van der Waals surface area contributed by atoms with Crippen LogP contribution in [0.2, 0.25) is 0 Å². The zero-order valence-electron chi connectivity index (χ0n) is 9.79. The minimum absolute atomic E-state index is 0.273. The lowest BCUT2D eigenvalue weighted by Gasteiger charge is -2.14. The summed E-state index contributed by atoms with van der Waals surface area (Å²) in [5.41, 5.74) is 2.88. The Morgan fingerprint density at radius 3 is 2.67 bits per heavy atom. The van der Waals surface area contributed by atoms with Gasteiger partial charge in [0.2, 0.25) is 0 Å². The highest BCUT2D eigenvalue weighted by atomic mass is 32.1. The van der Waals surface area contributed by atoms with E-state index in [4.69, 9.17) is 5.84 Å². The van der Waals surface area contributed by atoms with Crippen molar-refractivity contribution in [1.29, 1.82) is 0 Å². The zero-order chi connectivity index (χ0) is 11.3. The second kappa shape index (κ2) is 6.20. The van der Waals surface area contributed by atoms with Gasteiger partial charge in [0.15, 0.2) is 0 Å². The van der Waals surface area contributed by atoms with Crippen LogP contribution in [0.3, 0.4) is 0 Å². The van der Waals surface area contributed by atoms with Gasteiger partial charge in [-0.1, -0.05) is 26.7 Å². The van der Waals surface area contributed by atoms with Crippen LogP contribution in [-0.2, 0) is 0 Å². The third-order valence-corrected chi connectivity index (χ3v) is 3.48. The van der Waals surface area contributed by atoms with Crippen molar-refractivity contribution in [2.45, 2.75) is 46.1 Å². The summed E-state index contributed by atoms with van der Waals surface area (Å²) in [6.07, 6.45) is 5.50. The fourth-order valence-electron chi connectivity index (χ4n) is 1.58. The van der Waals surface area contributed by atoms with Gasteiger partial charge in [0.05, 0.1) is 11.0 Å². The SMILES string of the molecule is Cc1ncc(C(CCCC(C)C)NN)s1. The largest absolute Gasteiger partial charge is 0.271 e. The van der Waals surface area contributed by atoms with Crippen molar-refractivity contribution >= 4 is 11.3 Å². The van der Waals surface area contributed by atoms with Gasteiger partial charge in [0.1, 0.15) is 0 Å². The average Bonchev–Trinajstić information content (AvgIpc) is 2.59. The molecule has 0 amide bonds. The lowest BCUT2D eigenvalue weighted by atomic mass is 10.0. The second-order valence-electron chi connectivity index (χ2n) is 4.33. The third-order valence-electron chi connectivity index (χ3n) is 2.46. The van der Waals surface area contributed by atoms with Gasteiger partial charge >= 0.3 is 0 Å². The average molecular weight is 227 g/mol. The van der Waals surface area contributed by atoms with Crippen molar-refractivity contribution in [1.82, 2.24) is 10.4 Å². The molecule has 0 radical (unpaired) electrons. The van der Waals surface area contributed by atoms with Crippen molar-refractivity contribution in [3.63, 3.8) is 0 Å². The molecule has 0 aromatic carbocycles. The van der Waals surface area contributed by atoms with Crippen molar-refractivity contribution < 1.29 is 0 Å². The Labute approximate surface area is 96.1 Å². The minimum Gasteiger partial charge on any atom is -0.271 e. The van der Waals surface area contributed by atoms with Gasteiger partial charge in [-0.05, 0) is 19.3 Å². The first-order valence-corrected chi connectivity index (χ1v) is 6.33. The van der Waals surface area contributed by atoms with Crippen LogP contribution in [-0.4, -0.2) is 4.98 Å². The third kappa shape index (κ3) is 4.28. The molecule has 3 N–H and O–H groups in total. The number of thiazole rings is 1. The van der Waals surface area contributed by atoms with Crippen LogP contribution >= 0.6 is 11.3 Å². The summed E-state index contributed by atoms with van der Waals surface area (Å²) >= 11 is 1.73. The van der Waals surface area contributed by atoms with Gasteiger partial charge in [0, 0.05) is 11.1 Å². The first-order chi connectivity index (χ1) is 7.13. The molecule has 0 saturated carbocycles.